The van der Waals surface area contributed by atoms with Crippen LogP contribution >= 0.6 is 0 Å². The lowest BCUT2D eigenvalue weighted by atomic mass is 10.1. The third-order valence-electron chi connectivity index (χ3n) is 3.56. The van der Waals surface area contributed by atoms with Crippen LogP contribution in [0.4, 0.5) is 0 Å². The van der Waals surface area contributed by atoms with E-state index in [2.05, 4.69) is 10.3 Å². The smallest absolute Gasteiger partial charge is 0.223 e. The van der Waals surface area contributed by atoms with Crippen LogP contribution in [-0.2, 0) is 9.53 Å². The van der Waals surface area contributed by atoms with Crippen LogP contribution in [0.15, 0.2) is 43.0 Å². The molecule has 6 nitrogen and oxygen atoms in total. The van der Waals surface area contributed by atoms with Gasteiger partial charge in [0.05, 0.1) is 24.9 Å². The molecule has 1 heterocycles. The molecule has 0 radical (unpaired) electrons. The number of nitrogens with two attached hydrogens (primary N) is 1. The Morgan fingerprint density at radius 2 is 2.32 bits per heavy atom. The summed E-state index contributed by atoms with van der Waals surface area (Å²) in [4.78, 5) is 16.0. The number of benzene rings is 1. The number of hydrogen-bond donors (Lipinski definition) is 2. The van der Waals surface area contributed by atoms with Gasteiger partial charge in [0.15, 0.2) is 0 Å². The first kappa shape index (κ1) is 16.2. The molecule has 0 aliphatic carbocycles. The van der Waals surface area contributed by atoms with Crippen LogP contribution in [0.5, 0.6) is 0 Å². The molecule has 2 rings (SSSR count). The summed E-state index contributed by atoms with van der Waals surface area (Å²) in [6, 6.07) is 7.89. The van der Waals surface area contributed by atoms with E-state index in [9.17, 15) is 4.79 Å². The molecular formula is C16H22N4O2. The predicted molar refractivity (Wildman–Crippen MR) is 84.6 cm³/mol. The van der Waals surface area contributed by atoms with Gasteiger partial charge >= 0.3 is 0 Å². The molecular weight excluding hydrogens is 280 g/mol. The summed E-state index contributed by atoms with van der Waals surface area (Å²) in [5, 5.41) is 2.97. The highest BCUT2D eigenvalue weighted by molar-refractivity contribution is 5.77. The molecule has 118 valence electrons. The van der Waals surface area contributed by atoms with Gasteiger partial charge in [-0.3, -0.25) is 4.79 Å². The fraction of sp³-hybridized carbons (Fsp3) is 0.375. The lowest BCUT2D eigenvalue weighted by Crippen LogP contribution is -2.33. The fourth-order valence-electron chi connectivity index (χ4n) is 2.22. The maximum Gasteiger partial charge on any atom is 0.223 e. The van der Waals surface area contributed by atoms with Gasteiger partial charge in [0.2, 0.25) is 5.91 Å². The molecule has 2 unspecified atom stereocenters. The van der Waals surface area contributed by atoms with E-state index in [0.717, 1.165) is 11.3 Å². The SMILES string of the molecule is COC(CN)CC(=O)NC(C)c1cccc(-n2ccnc2)c1. The van der Waals surface area contributed by atoms with Crippen LogP contribution in [0.1, 0.15) is 24.9 Å². The van der Waals surface area contributed by atoms with Crippen molar-refractivity contribution in [2.75, 3.05) is 13.7 Å². The van der Waals surface area contributed by atoms with Crippen LogP contribution in [0.2, 0.25) is 0 Å². The maximum absolute atomic E-state index is 12.0. The summed E-state index contributed by atoms with van der Waals surface area (Å²) in [6.45, 7) is 2.28. The van der Waals surface area contributed by atoms with Gasteiger partial charge in [0.1, 0.15) is 0 Å². The molecule has 6 heteroatoms. The molecule has 22 heavy (non-hydrogen) atoms. The van der Waals surface area contributed by atoms with E-state index in [0.29, 0.717) is 6.54 Å². The topological polar surface area (TPSA) is 82.2 Å². The summed E-state index contributed by atoms with van der Waals surface area (Å²) in [6.07, 6.45) is 5.37. The molecule has 1 aromatic carbocycles. The van der Waals surface area contributed by atoms with Crippen molar-refractivity contribution in [2.45, 2.75) is 25.5 Å². The highest BCUT2D eigenvalue weighted by Crippen LogP contribution is 2.17. The molecule has 3 N–H and O–H groups in total. The Balaban J connectivity index is 2.02. The van der Waals surface area contributed by atoms with Gasteiger partial charge in [-0.2, -0.15) is 0 Å². The average Bonchev–Trinajstić information content (AvgIpc) is 3.07. The van der Waals surface area contributed by atoms with Crippen molar-refractivity contribution in [3.05, 3.63) is 48.5 Å². The zero-order valence-electron chi connectivity index (χ0n) is 12.9. The Morgan fingerprint density at radius 3 is 2.95 bits per heavy atom. The lowest BCUT2D eigenvalue weighted by Gasteiger charge is -2.18. The summed E-state index contributed by atoms with van der Waals surface area (Å²) < 4.78 is 7.05. The minimum Gasteiger partial charge on any atom is -0.380 e. The standard InChI is InChI=1S/C16H22N4O2/c1-12(19-16(21)9-15(10-17)22-2)13-4-3-5-14(8-13)20-7-6-18-11-20/h3-8,11-12,15H,9-10,17H2,1-2H3,(H,19,21). The second-order valence-electron chi connectivity index (χ2n) is 5.15. The molecule has 1 amide bonds. The van der Waals surface area contributed by atoms with E-state index in [1.807, 2.05) is 42.0 Å². The van der Waals surface area contributed by atoms with Crippen molar-refractivity contribution in [1.29, 1.82) is 0 Å². The van der Waals surface area contributed by atoms with Gasteiger partial charge in [-0.1, -0.05) is 12.1 Å². The Morgan fingerprint density at radius 1 is 1.50 bits per heavy atom. The molecule has 0 aliphatic heterocycles. The van der Waals surface area contributed by atoms with Crippen LogP contribution in [0, 0.1) is 0 Å². The number of nitrogens with zero attached hydrogens (tertiary/aromatic N) is 2. The van der Waals surface area contributed by atoms with Crippen molar-refractivity contribution in [3.8, 4) is 5.69 Å². The van der Waals surface area contributed by atoms with E-state index in [1.54, 1.807) is 19.6 Å². The maximum atomic E-state index is 12.0. The van der Waals surface area contributed by atoms with Crippen LogP contribution in [0.25, 0.3) is 5.69 Å². The number of carbonyl (C=O) groups is 1. The number of ether oxygens (including phenoxy) is 1. The number of hydrogen-bond acceptors (Lipinski definition) is 4. The van der Waals surface area contributed by atoms with E-state index in [-0.39, 0.29) is 24.5 Å². The molecule has 2 atom stereocenters. The first-order valence-corrected chi connectivity index (χ1v) is 7.24. The molecule has 2 aromatic rings. The third kappa shape index (κ3) is 4.16. The number of imidazole rings is 1. The number of nitrogens with one attached hydrogen (secondary N) is 1. The van der Waals surface area contributed by atoms with Crippen molar-refractivity contribution in [3.63, 3.8) is 0 Å². The first-order chi connectivity index (χ1) is 10.6. The third-order valence-corrected chi connectivity index (χ3v) is 3.56. The van der Waals surface area contributed by atoms with Crippen molar-refractivity contribution >= 4 is 5.91 Å². The van der Waals surface area contributed by atoms with Crippen molar-refractivity contribution < 1.29 is 9.53 Å². The second-order valence-corrected chi connectivity index (χ2v) is 5.15. The highest BCUT2D eigenvalue weighted by Gasteiger charge is 2.14. The van der Waals surface area contributed by atoms with Gasteiger partial charge in [0.25, 0.3) is 0 Å². The number of rotatable bonds is 7. The number of amides is 1. The van der Waals surface area contributed by atoms with Gasteiger partial charge in [-0.25, -0.2) is 4.98 Å². The molecule has 0 aliphatic rings. The molecule has 1 aromatic heterocycles. The number of aromatic nitrogens is 2. The minimum atomic E-state index is -0.246. The van der Waals surface area contributed by atoms with E-state index < -0.39 is 0 Å². The summed E-state index contributed by atoms with van der Waals surface area (Å²) in [7, 11) is 1.56. The van der Waals surface area contributed by atoms with Crippen LogP contribution < -0.4 is 11.1 Å². The minimum absolute atomic E-state index is 0.0715. The van der Waals surface area contributed by atoms with E-state index in [4.69, 9.17) is 10.5 Å². The Labute approximate surface area is 130 Å². The highest BCUT2D eigenvalue weighted by atomic mass is 16.5. The van der Waals surface area contributed by atoms with E-state index in [1.165, 1.54) is 0 Å². The quantitative estimate of drug-likeness (QED) is 0.810. The lowest BCUT2D eigenvalue weighted by molar-refractivity contribution is -0.124. The van der Waals surface area contributed by atoms with Gasteiger partial charge in [0, 0.05) is 31.7 Å². The second kappa shape index (κ2) is 7.72. The molecule has 0 fully saturated rings. The summed E-state index contributed by atoms with van der Waals surface area (Å²) in [5.41, 5.74) is 7.57. The predicted octanol–water partition coefficient (Wildman–Crippen LogP) is 1.41. The fourth-order valence-corrected chi connectivity index (χ4v) is 2.22. The summed E-state index contributed by atoms with van der Waals surface area (Å²) in [5.74, 6) is -0.0715. The zero-order chi connectivity index (χ0) is 15.9. The largest absolute Gasteiger partial charge is 0.380 e. The molecule has 0 spiro atoms. The summed E-state index contributed by atoms with van der Waals surface area (Å²) >= 11 is 0. The molecule has 0 bridgehead atoms. The molecule has 0 saturated carbocycles. The van der Waals surface area contributed by atoms with Crippen LogP contribution in [0.3, 0.4) is 0 Å². The zero-order valence-corrected chi connectivity index (χ0v) is 12.9. The van der Waals surface area contributed by atoms with Gasteiger partial charge in [-0.15, -0.1) is 0 Å². The normalized spacial score (nSPS) is 13.6. The first-order valence-electron chi connectivity index (χ1n) is 7.24. The van der Waals surface area contributed by atoms with Crippen LogP contribution in [-0.4, -0.2) is 35.2 Å². The van der Waals surface area contributed by atoms with Crippen molar-refractivity contribution in [1.82, 2.24) is 14.9 Å². The Hall–Kier alpha value is -2.18. The van der Waals surface area contributed by atoms with Gasteiger partial charge in [-0.05, 0) is 24.6 Å². The molecule has 0 saturated heterocycles. The Bertz CT molecular complexity index is 594. The number of carbonyl (C=O) groups excluding carboxylic acids is 1. The van der Waals surface area contributed by atoms with Gasteiger partial charge < -0.3 is 20.4 Å². The van der Waals surface area contributed by atoms with E-state index >= 15 is 0 Å². The van der Waals surface area contributed by atoms with Crippen molar-refractivity contribution in [2.24, 2.45) is 5.73 Å². The average molecular weight is 302 g/mol. The number of methoxy groups -OCH3 is 1. The Kier molecular flexibility index (Phi) is 5.68. The monoisotopic (exact) mass is 302 g/mol.